The summed E-state index contributed by atoms with van der Waals surface area (Å²) in [5.41, 5.74) is 1.38. The third kappa shape index (κ3) is 3.32. The monoisotopic (exact) mass is 261 g/mol. The normalized spacial score (nSPS) is 26.4. The van der Waals surface area contributed by atoms with E-state index in [0.717, 1.165) is 38.8 Å². The first-order chi connectivity index (χ1) is 9.43. The third-order valence-electron chi connectivity index (χ3n) is 4.28. The predicted octanol–water partition coefficient (Wildman–Crippen LogP) is 1.45. The quantitative estimate of drug-likeness (QED) is 0.894. The van der Waals surface area contributed by atoms with Gasteiger partial charge in [0.25, 0.3) is 0 Å². The summed E-state index contributed by atoms with van der Waals surface area (Å²) < 4.78 is 5.46. The molecule has 3 rings (SSSR count). The molecule has 4 nitrogen and oxygen atoms in total. The summed E-state index contributed by atoms with van der Waals surface area (Å²) in [4.78, 5) is 6.77. The molecule has 1 aromatic rings. The van der Waals surface area contributed by atoms with Gasteiger partial charge in [-0.3, -0.25) is 9.88 Å². The smallest absolute Gasteiger partial charge is 0.0474 e. The topological polar surface area (TPSA) is 37.4 Å². The van der Waals surface area contributed by atoms with Gasteiger partial charge in [-0.1, -0.05) is 0 Å². The Bertz CT molecular complexity index is 378. The average molecular weight is 261 g/mol. The van der Waals surface area contributed by atoms with Gasteiger partial charge in [-0.15, -0.1) is 0 Å². The Kier molecular flexibility index (Phi) is 4.43. The van der Waals surface area contributed by atoms with Crippen molar-refractivity contribution in [3.8, 4) is 0 Å². The maximum Gasteiger partial charge on any atom is 0.0474 e. The van der Waals surface area contributed by atoms with Crippen molar-refractivity contribution >= 4 is 0 Å². The number of hydrogen-bond acceptors (Lipinski definition) is 4. The van der Waals surface area contributed by atoms with E-state index in [9.17, 15) is 0 Å². The van der Waals surface area contributed by atoms with E-state index in [1.54, 1.807) is 0 Å². The van der Waals surface area contributed by atoms with Crippen LogP contribution >= 0.6 is 0 Å². The second-order valence-corrected chi connectivity index (χ2v) is 5.55. The SMILES string of the molecule is c1cc(C2CNCCN2CC2CCOCC2)ccn1. The lowest BCUT2D eigenvalue weighted by molar-refractivity contribution is 0.0408. The number of nitrogens with one attached hydrogen (secondary N) is 1. The number of nitrogens with zero attached hydrogens (tertiary/aromatic N) is 2. The molecule has 0 aliphatic carbocycles. The van der Waals surface area contributed by atoms with Crippen molar-refractivity contribution in [1.29, 1.82) is 0 Å². The van der Waals surface area contributed by atoms with Crippen molar-refractivity contribution in [2.24, 2.45) is 5.92 Å². The Morgan fingerprint density at radius 1 is 1.26 bits per heavy atom. The Morgan fingerprint density at radius 3 is 2.84 bits per heavy atom. The fraction of sp³-hybridized carbons (Fsp3) is 0.667. The summed E-state index contributed by atoms with van der Waals surface area (Å²) in [6, 6.07) is 4.79. The third-order valence-corrected chi connectivity index (χ3v) is 4.28. The highest BCUT2D eigenvalue weighted by molar-refractivity contribution is 5.16. The molecule has 0 aromatic carbocycles. The van der Waals surface area contributed by atoms with Gasteiger partial charge >= 0.3 is 0 Å². The van der Waals surface area contributed by atoms with Crippen LogP contribution in [0.15, 0.2) is 24.5 Å². The van der Waals surface area contributed by atoms with Gasteiger partial charge < -0.3 is 10.1 Å². The molecule has 2 fully saturated rings. The second kappa shape index (κ2) is 6.46. The van der Waals surface area contributed by atoms with Crippen molar-refractivity contribution < 1.29 is 4.74 Å². The maximum atomic E-state index is 5.46. The van der Waals surface area contributed by atoms with Gasteiger partial charge in [0, 0.05) is 57.8 Å². The summed E-state index contributed by atoms with van der Waals surface area (Å²) >= 11 is 0. The summed E-state index contributed by atoms with van der Waals surface area (Å²) in [6.45, 7) is 6.38. The van der Waals surface area contributed by atoms with Crippen LogP contribution in [-0.4, -0.2) is 49.3 Å². The molecule has 2 saturated heterocycles. The number of hydrogen-bond donors (Lipinski definition) is 1. The van der Waals surface area contributed by atoms with Gasteiger partial charge in [-0.2, -0.15) is 0 Å². The number of rotatable bonds is 3. The van der Waals surface area contributed by atoms with Crippen LogP contribution < -0.4 is 5.32 Å². The van der Waals surface area contributed by atoms with Crippen LogP contribution in [0.2, 0.25) is 0 Å². The van der Waals surface area contributed by atoms with Gasteiger partial charge in [0.1, 0.15) is 0 Å². The Hall–Kier alpha value is -0.970. The molecule has 104 valence electrons. The number of pyridine rings is 1. The van der Waals surface area contributed by atoms with Gasteiger partial charge in [-0.05, 0) is 36.5 Å². The minimum Gasteiger partial charge on any atom is -0.381 e. The lowest BCUT2D eigenvalue weighted by atomic mass is 9.96. The molecule has 2 aliphatic heterocycles. The molecule has 19 heavy (non-hydrogen) atoms. The molecular formula is C15H23N3O. The summed E-state index contributed by atoms with van der Waals surface area (Å²) in [7, 11) is 0. The first kappa shape index (κ1) is 13.0. The minimum atomic E-state index is 0.500. The standard InChI is InChI=1S/C15H23N3O/c1-5-16-6-2-14(1)15-11-17-7-8-18(15)12-13-3-9-19-10-4-13/h1-2,5-6,13,15,17H,3-4,7-12H2. The molecule has 3 heterocycles. The average Bonchev–Trinajstić information content (AvgIpc) is 2.50. The van der Waals surface area contributed by atoms with E-state index >= 15 is 0 Å². The predicted molar refractivity (Wildman–Crippen MR) is 75.0 cm³/mol. The molecule has 0 bridgehead atoms. The van der Waals surface area contributed by atoms with Crippen molar-refractivity contribution in [3.63, 3.8) is 0 Å². The molecule has 2 aliphatic rings. The van der Waals surface area contributed by atoms with E-state index in [2.05, 4.69) is 27.3 Å². The highest BCUT2D eigenvalue weighted by Gasteiger charge is 2.26. The van der Waals surface area contributed by atoms with Gasteiger partial charge in [0.15, 0.2) is 0 Å². The van der Waals surface area contributed by atoms with E-state index in [1.165, 1.54) is 24.9 Å². The van der Waals surface area contributed by atoms with Crippen LogP contribution in [0, 0.1) is 5.92 Å². The lowest BCUT2D eigenvalue weighted by Gasteiger charge is -2.39. The Labute approximate surface area is 115 Å². The molecule has 4 heteroatoms. The first-order valence-corrected chi connectivity index (χ1v) is 7.36. The van der Waals surface area contributed by atoms with E-state index in [0.29, 0.717) is 6.04 Å². The van der Waals surface area contributed by atoms with Crippen molar-refractivity contribution in [2.45, 2.75) is 18.9 Å². The molecule has 1 atom stereocenters. The highest BCUT2D eigenvalue weighted by atomic mass is 16.5. The van der Waals surface area contributed by atoms with Crippen LogP contribution in [0.1, 0.15) is 24.4 Å². The molecule has 1 unspecified atom stereocenters. The van der Waals surface area contributed by atoms with Gasteiger partial charge in [0.05, 0.1) is 0 Å². The molecule has 1 aromatic heterocycles. The van der Waals surface area contributed by atoms with E-state index < -0.39 is 0 Å². The molecule has 0 radical (unpaired) electrons. The Morgan fingerprint density at radius 2 is 2.05 bits per heavy atom. The zero-order valence-electron chi connectivity index (χ0n) is 11.4. The largest absolute Gasteiger partial charge is 0.381 e. The molecular weight excluding hydrogens is 238 g/mol. The second-order valence-electron chi connectivity index (χ2n) is 5.55. The van der Waals surface area contributed by atoms with Crippen molar-refractivity contribution in [3.05, 3.63) is 30.1 Å². The summed E-state index contributed by atoms with van der Waals surface area (Å²) in [6.07, 6.45) is 6.23. The van der Waals surface area contributed by atoms with E-state index in [-0.39, 0.29) is 0 Å². The fourth-order valence-electron chi connectivity index (χ4n) is 3.14. The zero-order valence-corrected chi connectivity index (χ0v) is 11.4. The molecule has 0 saturated carbocycles. The number of ether oxygens (including phenoxy) is 1. The van der Waals surface area contributed by atoms with Crippen molar-refractivity contribution in [2.75, 3.05) is 39.4 Å². The highest BCUT2D eigenvalue weighted by Crippen LogP contribution is 2.25. The molecule has 1 N–H and O–H groups in total. The number of piperazine rings is 1. The first-order valence-electron chi connectivity index (χ1n) is 7.36. The maximum absolute atomic E-state index is 5.46. The number of aromatic nitrogens is 1. The van der Waals surface area contributed by atoms with Gasteiger partial charge in [-0.25, -0.2) is 0 Å². The van der Waals surface area contributed by atoms with Crippen LogP contribution in [0.5, 0.6) is 0 Å². The van der Waals surface area contributed by atoms with E-state index in [4.69, 9.17) is 4.74 Å². The van der Waals surface area contributed by atoms with Crippen molar-refractivity contribution in [1.82, 2.24) is 15.2 Å². The Balaban J connectivity index is 1.66. The van der Waals surface area contributed by atoms with Crippen LogP contribution in [0.25, 0.3) is 0 Å². The molecule has 0 spiro atoms. The van der Waals surface area contributed by atoms with Crippen LogP contribution in [-0.2, 0) is 4.74 Å². The van der Waals surface area contributed by atoms with Crippen LogP contribution in [0.4, 0.5) is 0 Å². The lowest BCUT2D eigenvalue weighted by Crippen LogP contribution is -2.48. The zero-order chi connectivity index (χ0) is 12.9. The summed E-state index contributed by atoms with van der Waals surface area (Å²) in [5, 5.41) is 3.51. The molecule has 0 amide bonds. The fourth-order valence-corrected chi connectivity index (χ4v) is 3.14. The van der Waals surface area contributed by atoms with Crippen LogP contribution in [0.3, 0.4) is 0 Å². The summed E-state index contributed by atoms with van der Waals surface area (Å²) in [5.74, 6) is 0.802. The minimum absolute atomic E-state index is 0.500. The van der Waals surface area contributed by atoms with E-state index in [1.807, 2.05) is 12.4 Å². The van der Waals surface area contributed by atoms with Gasteiger partial charge in [0.2, 0.25) is 0 Å².